The van der Waals surface area contributed by atoms with Gasteiger partial charge in [-0.05, 0) is 40.8 Å². The number of carbonyl (C=O) groups is 2. The number of aliphatic carboxylic acids is 1. The van der Waals surface area contributed by atoms with E-state index in [4.69, 9.17) is 16.7 Å². The number of rotatable bonds is 5. The van der Waals surface area contributed by atoms with E-state index in [9.17, 15) is 9.59 Å². The smallest absolute Gasteiger partial charge is 0.323 e. The average molecular weight is 395 g/mol. The van der Waals surface area contributed by atoms with Gasteiger partial charge >= 0.3 is 12.0 Å². The van der Waals surface area contributed by atoms with Crippen molar-refractivity contribution in [2.24, 2.45) is 0 Å². The van der Waals surface area contributed by atoms with Crippen molar-refractivity contribution < 1.29 is 14.7 Å². The van der Waals surface area contributed by atoms with E-state index in [-0.39, 0.29) is 13.1 Å². The molecule has 0 heterocycles. The highest BCUT2D eigenvalue weighted by Crippen LogP contribution is 2.22. The van der Waals surface area contributed by atoms with Crippen molar-refractivity contribution in [3.63, 3.8) is 0 Å². The van der Waals surface area contributed by atoms with E-state index in [0.717, 1.165) is 8.47 Å². The van der Waals surface area contributed by atoms with Crippen molar-refractivity contribution in [3.8, 4) is 0 Å². The summed E-state index contributed by atoms with van der Waals surface area (Å²) in [6.45, 7) is 3.26. The van der Waals surface area contributed by atoms with Crippen LogP contribution in [0.3, 0.4) is 0 Å². The lowest BCUT2D eigenvalue weighted by Crippen LogP contribution is -2.38. The third-order valence-electron chi connectivity index (χ3n) is 2.14. The number of hydrogen-bond acceptors (Lipinski definition) is 2. The van der Waals surface area contributed by atoms with Gasteiger partial charge in [0.2, 0.25) is 0 Å². The highest BCUT2D eigenvalue weighted by Gasteiger charge is 2.16. The second-order valence-corrected chi connectivity index (χ2v) is 5.22. The predicted molar refractivity (Wildman–Crippen MR) is 82.6 cm³/mol. The summed E-state index contributed by atoms with van der Waals surface area (Å²) in [7, 11) is 0. The number of carbonyl (C=O) groups excluding carboxylic acids is 1. The molecule has 2 N–H and O–H groups in total. The molecule has 19 heavy (non-hydrogen) atoms. The van der Waals surface area contributed by atoms with Gasteiger partial charge < -0.3 is 15.3 Å². The SMILES string of the molecule is C=CCN(CC(=O)O)C(=O)Nc1ccc(Cl)cc1I. The monoisotopic (exact) mass is 394 g/mol. The molecule has 0 aliphatic rings. The van der Waals surface area contributed by atoms with Crippen molar-refractivity contribution >= 4 is 51.9 Å². The van der Waals surface area contributed by atoms with Crippen LogP contribution >= 0.6 is 34.2 Å². The molecule has 102 valence electrons. The molecular weight excluding hydrogens is 382 g/mol. The zero-order valence-corrected chi connectivity index (χ0v) is 12.8. The van der Waals surface area contributed by atoms with Crippen molar-refractivity contribution in [2.75, 3.05) is 18.4 Å². The Morgan fingerprint density at radius 1 is 1.53 bits per heavy atom. The van der Waals surface area contributed by atoms with Gasteiger partial charge in [-0.2, -0.15) is 0 Å². The molecule has 1 aromatic rings. The van der Waals surface area contributed by atoms with E-state index < -0.39 is 12.0 Å². The van der Waals surface area contributed by atoms with Crippen LogP contribution in [0.5, 0.6) is 0 Å². The summed E-state index contributed by atoms with van der Waals surface area (Å²) < 4.78 is 0.771. The zero-order chi connectivity index (χ0) is 14.4. The fourth-order valence-corrected chi connectivity index (χ4v) is 2.33. The molecule has 0 spiro atoms. The lowest BCUT2D eigenvalue weighted by atomic mass is 10.3. The Kier molecular flexibility index (Phi) is 6.10. The summed E-state index contributed by atoms with van der Waals surface area (Å²) in [5.41, 5.74) is 0.578. The molecule has 0 saturated carbocycles. The fraction of sp³-hybridized carbons (Fsp3) is 0.167. The third-order valence-corrected chi connectivity index (χ3v) is 3.26. The van der Waals surface area contributed by atoms with Gasteiger partial charge in [-0.3, -0.25) is 4.79 Å². The summed E-state index contributed by atoms with van der Waals surface area (Å²) in [6, 6.07) is 4.51. The van der Waals surface area contributed by atoms with Crippen LogP contribution < -0.4 is 5.32 Å². The van der Waals surface area contributed by atoms with Crippen molar-refractivity contribution in [1.82, 2.24) is 4.90 Å². The van der Waals surface area contributed by atoms with Crippen LogP contribution in [-0.2, 0) is 4.79 Å². The van der Waals surface area contributed by atoms with Gasteiger partial charge in [-0.1, -0.05) is 17.7 Å². The Hall–Kier alpha value is -1.28. The number of carboxylic acids is 1. The first-order valence-electron chi connectivity index (χ1n) is 5.27. The Labute approximate surface area is 129 Å². The normalized spacial score (nSPS) is 9.79. The highest BCUT2D eigenvalue weighted by atomic mass is 127. The second-order valence-electron chi connectivity index (χ2n) is 3.62. The van der Waals surface area contributed by atoms with Crippen LogP contribution in [0.2, 0.25) is 5.02 Å². The van der Waals surface area contributed by atoms with Gasteiger partial charge in [-0.25, -0.2) is 4.79 Å². The number of nitrogens with zero attached hydrogens (tertiary/aromatic N) is 1. The number of halogens is 2. The maximum Gasteiger partial charge on any atom is 0.323 e. The van der Waals surface area contributed by atoms with Crippen LogP contribution in [0, 0.1) is 3.57 Å². The maximum absolute atomic E-state index is 11.9. The fourth-order valence-electron chi connectivity index (χ4n) is 1.32. The van der Waals surface area contributed by atoms with Gasteiger partial charge in [0.25, 0.3) is 0 Å². The molecule has 5 nitrogen and oxygen atoms in total. The van der Waals surface area contributed by atoms with Gasteiger partial charge in [-0.15, -0.1) is 6.58 Å². The lowest BCUT2D eigenvalue weighted by molar-refractivity contribution is -0.137. The first kappa shape index (κ1) is 15.8. The van der Waals surface area contributed by atoms with E-state index in [2.05, 4.69) is 11.9 Å². The number of amides is 2. The molecule has 0 unspecified atom stereocenters. The first-order chi connectivity index (χ1) is 8.93. The third kappa shape index (κ3) is 5.07. The summed E-state index contributed by atoms with van der Waals surface area (Å²) >= 11 is 7.85. The van der Waals surface area contributed by atoms with Crippen LogP contribution in [-0.4, -0.2) is 35.1 Å². The van der Waals surface area contributed by atoms with Gasteiger partial charge in [0.1, 0.15) is 6.54 Å². The summed E-state index contributed by atoms with van der Waals surface area (Å²) in [5.74, 6) is -1.08. The van der Waals surface area contributed by atoms with E-state index >= 15 is 0 Å². The first-order valence-corrected chi connectivity index (χ1v) is 6.73. The molecule has 0 aromatic heterocycles. The molecule has 1 aromatic carbocycles. The Morgan fingerprint density at radius 2 is 2.21 bits per heavy atom. The van der Waals surface area contributed by atoms with E-state index in [0.29, 0.717) is 10.7 Å². The molecule has 0 aliphatic heterocycles. The Balaban J connectivity index is 2.80. The topological polar surface area (TPSA) is 69.6 Å². The molecule has 0 aliphatic carbocycles. The number of hydrogen-bond donors (Lipinski definition) is 2. The van der Waals surface area contributed by atoms with E-state index in [1.54, 1.807) is 18.2 Å². The second kappa shape index (κ2) is 7.34. The average Bonchev–Trinajstić information content (AvgIpc) is 2.31. The molecular formula is C12H12ClIN2O3. The number of benzene rings is 1. The minimum Gasteiger partial charge on any atom is -0.480 e. The Bertz CT molecular complexity index is 508. The molecule has 0 bridgehead atoms. The van der Waals surface area contributed by atoms with Crippen LogP contribution in [0.1, 0.15) is 0 Å². The van der Waals surface area contributed by atoms with Crippen LogP contribution in [0.4, 0.5) is 10.5 Å². The van der Waals surface area contributed by atoms with Crippen molar-refractivity contribution in [2.45, 2.75) is 0 Å². The summed E-state index contributed by atoms with van der Waals surface area (Å²) in [6.07, 6.45) is 1.47. The maximum atomic E-state index is 11.9. The number of anilines is 1. The zero-order valence-electron chi connectivity index (χ0n) is 9.90. The molecule has 0 radical (unpaired) electrons. The molecule has 0 saturated heterocycles. The molecule has 2 amide bonds. The van der Waals surface area contributed by atoms with Crippen LogP contribution in [0.25, 0.3) is 0 Å². The van der Waals surface area contributed by atoms with Crippen LogP contribution in [0.15, 0.2) is 30.9 Å². The quantitative estimate of drug-likeness (QED) is 0.596. The molecule has 1 rings (SSSR count). The number of urea groups is 1. The molecule has 0 fully saturated rings. The highest BCUT2D eigenvalue weighted by molar-refractivity contribution is 14.1. The van der Waals surface area contributed by atoms with Gasteiger partial charge in [0.15, 0.2) is 0 Å². The summed E-state index contributed by atoms with van der Waals surface area (Å²) in [4.78, 5) is 23.8. The molecule has 0 atom stereocenters. The predicted octanol–water partition coefficient (Wildman–Crippen LogP) is 3.05. The largest absolute Gasteiger partial charge is 0.480 e. The van der Waals surface area contributed by atoms with Crippen molar-refractivity contribution in [1.29, 1.82) is 0 Å². The van der Waals surface area contributed by atoms with Gasteiger partial charge in [0, 0.05) is 15.1 Å². The molecule has 7 heteroatoms. The standard InChI is InChI=1S/C12H12ClIN2O3/c1-2-5-16(7-11(17)18)12(19)15-10-4-3-8(13)6-9(10)14/h2-4,6H,1,5,7H2,(H,15,19)(H,17,18). The summed E-state index contributed by atoms with van der Waals surface area (Å²) in [5, 5.41) is 11.9. The number of nitrogens with one attached hydrogen (secondary N) is 1. The van der Waals surface area contributed by atoms with E-state index in [1.165, 1.54) is 6.08 Å². The minimum absolute atomic E-state index is 0.155. The van der Waals surface area contributed by atoms with Crippen molar-refractivity contribution in [3.05, 3.63) is 39.4 Å². The lowest BCUT2D eigenvalue weighted by Gasteiger charge is -2.20. The van der Waals surface area contributed by atoms with Gasteiger partial charge in [0.05, 0.1) is 5.69 Å². The van der Waals surface area contributed by atoms with E-state index in [1.807, 2.05) is 22.6 Å². The number of carboxylic acid groups (broad SMARTS) is 1. The minimum atomic E-state index is -1.08. The Morgan fingerprint density at radius 3 is 2.74 bits per heavy atom.